The lowest BCUT2D eigenvalue weighted by Gasteiger charge is -2.11. The summed E-state index contributed by atoms with van der Waals surface area (Å²) in [6.07, 6.45) is -0.315. The number of ether oxygens (including phenoxy) is 1. The molecule has 1 aliphatic rings. The lowest BCUT2D eigenvalue weighted by atomic mass is 10.2. The Balaban J connectivity index is 1.81. The predicted octanol–water partition coefficient (Wildman–Crippen LogP) is 1.45. The number of hydrogen-bond acceptors (Lipinski definition) is 5. The second kappa shape index (κ2) is 7.14. The van der Waals surface area contributed by atoms with Crippen molar-refractivity contribution in [1.29, 1.82) is 0 Å². The minimum absolute atomic E-state index is 0.0180. The van der Waals surface area contributed by atoms with Gasteiger partial charge in [-0.3, -0.25) is 9.59 Å². The van der Waals surface area contributed by atoms with Crippen LogP contribution in [0.25, 0.3) is 0 Å². The van der Waals surface area contributed by atoms with E-state index in [4.69, 9.17) is 4.74 Å². The van der Waals surface area contributed by atoms with Gasteiger partial charge in [-0.25, -0.2) is 13.1 Å². The molecule has 0 spiro atoms. The van der Waals surface area contributed by atoms with Crippen LogP contribution in [-0.2, 0) is 26.2 Å². The van der Waals surface area contributed by atoms with Crippen molar-refractivity contribution in [3.05, 3.63) is 48.0 Å². The fourth-order valence-electron chi connectivity index (χ4n) is 2.48. The summed E-state index contributed by atoms with van der Waals surface area (Å²) >= 11 is 0. The molecule has 0 unspecified atom stereocenters. The average Bonchev–Trinajstić information content (AvgIpc) is 2.75. The number of carbonyl (C=O) groups excluding carboxylic acids is 2. The van der Waals surface area contributed by atoms with Gasteiger partial charge in [-0.2, -0.15) is 0 Å². The molecule has 0 aromatic heterocycles. The van der Waals surface area contributed by atoms with E-state index in [1.807, 2.05) is 0 Å². The quantitative estimate of drug-likeness (QED) is 0.685. The molecule has 0 fully saturated rings. The number of benzene rings is 2. The van der Waals surface area contributed by atoms with Crippen molar-refractivity contribution >= 4 is 33.2 Å². The van der Waals surface area contributed by atoms with Crippen molar-refractivity contribution in [3.63, 3.8) is 0 Å². The molecule has 26 heavy (non-hydrogen) atoms. The number of fused-ring (bicyclic) bond motifs is 1. The van der Waals surface area contributed by atoms with Crippen LogP contribution < -0.4 is 20.1 Å². The van der Waals surface area contributed by atoms with E-state index in [-0.39, 0.29) is 23.5 Å². The molecular weight excluding hydrogens is 358 g/mol. The van der Waals surface area contributed by atoms with Gasteiger partial charge in [-0.1, -0.05) is 12.1 Å². The number of sulfonamides is 1. The average molecular weight is 375 g/mol. The first kappa shape index (κ1) is 17.9. The fourth-order valence-corrected chi connectivity index (χ4v) is 3.53. The molecule has 9 heteroatoms. The van der Waals surface area contributed by atoms with Crippen molar-refractivity contribution in [3.8, 4) is 5.75 Å². The molecular formula is C17H17N3O5S. The van der Waals surface area contributed by atoms with Gasteiger partial charge in [-0.05, 0) is 35.9 Å². The molecule has 0 saturated heterocycles. The Hall–Kier alpha value is -2.91. The van der Waals surface area contributed by atoms with E-state index in [2.05, 4.69) is 15.4 Å². The van der Waals surface area contributed by atoms with E-state index >= 15 is 0 Å². The molecule has 2 amide bonds. The third-order valence-corrected chi connectivity index (χ3v) is 5.17. The van der Waals surface area contributed by atoms with Crippen molar-refractivity contribution in [2.24, 2.45) is 0 Å². The SMILES string of the molecule is COc1cccc(CNS(=O)(=O)c2ccc3c(c2)NC(=O)CC(=O)N3)c1. The molecule has 0 atom stereocenters. The molecule has 0 aliphatic carbocycles. The van der Waals surface area contributed by atoms with E-state index < -0.39 is 21.8 Å². The molecule has 1 heterocycles. The molecule has 0 saturated carbocycles. The van der Waals surface area contributed by atoms with Gasteiger partial charge in [0.05, 0.1) is 23.4 Å². The van der Waals surface area contributed by atoms with E-state index in [9.17, 15) is 18.0 Å². The van der Waals surface area contributed by atoms with Crippen LogP contribution >= 0.6 is 0 Å². The van der Waals surface area contributed by atoms with Crippen LogP contribution in [0.2, 0.25) is 0 Å². The molecule has 2 aromatic carbocycles. The highest BCUT2D eigenvalue weighted by Gasteiger charge is 2.21. The maximum absolute atomic E-state index is 12.5. The van der Waals surface area contributed by atoms with Crippen molar-refractivity contribution in [2.75, 3.05) is 17.7 Å². The van der Waals surface area contributed by atoms with E-state index in [1.54, 1.807) is 24.3 Å². The second-order valence-corrected chi connectivity index (χ2v) is 7.42. The molecule has 1 aliphatic heterocycles. The number of nitrogens with one attached hydrogen (secondary N) is 3. The Morgan fingerprint density at radius 1 is 1.04 bits per heavy atom. The zero-order chi connectivity index (χ0) is 18.7. The van der Waals surface area contributed by atoms with Crippen LogP contribution in [0.4, 0.5) is 11.4 Å². The van der Waals surface area contributed by atoms with Crippen LogP contribution in [0, 0.1) is 0 Å². The largest absolute Gasteiger partial charge is 0.497 e. The van der Waals surface area contributed by atoms with Crippen molar-refractivity contribution < 1.29 is 22.7 Å². The normalized spacial score (nSPS) is 14.0. The van der Waals surface area contributed by atoms with Crippen LogP contribution in [0.1, 0.15) is 12.0 Å². The summed E-state index contributed by atoms with van der Waals surface area (Å²) in [7, 11) is -2.28. The lowest BCUT2D eigenvalue weighted by Crippen LogP contribution is -2.23. The molecule has 0 bridgehead atoms. The Bertz CT molecular complexity index is 972. The Labute approximate surface area is 150 Å². The van der Waals surface area contributed by atoms with Crippen molar-refractivity contribution in [2.45, 2.75) is 17.9 Å². The Kier molecular flexibility index (Phi) is 4.92. The summed E-state index contributed by atoms with van der Waals surface area (Å²) in [5.74, 6) is -0.321. The van der Waals surface area contributed by atoms with Gasteiger partial charge in [0.2, 0.25) is 21.8 Å². The summed E-state index contributed by atoms with van der Waals surface area (Å²) in [5.41, 5.74) is 1.33. The van der Waals surface area contributed by atoms with Gasteiger partial charge >= 0.3 is 0 Å². The first-order chi connectivity index (χ1) is 12.4. The molecule has 8 nitrogen and oxygen atoms in total. The van der Waals surface area contributed by atoms with Crippen LogP contribution in [0.5, 0.6) is 5.75 Å². The number of methoxy groups -OCH3 is 1. The summed E-state index contributed by atoms with van der Waals surface area (Å²) in [4.78, 5) is 23.2. The van der Waals surface area contributed by atoms with Gasteiger partial charge in [0, 0.05) is 6.54 Å². The smallest absolute Gasteiger partial charge is 0.240 e. The second-order valence-electron chi connectivity index (χ2n) is 5.66. The Morgan fingerprint density at radius 3 is 2.50 bits per heavy atom. The molecule has 0 radical (unpaired) electrons. The number of anilines is 2. The minimum atomic E-state index is -3.81. The highest BCUT2D eigenvalue weighted by atomic mass is 32.2. The lowest BCUT2D eigenvalue weighted by molar-refractivity contribution is -0.123. The number of carbonyl (C=O) groups is 2. The summed E-state index contributed by atoms with van der Waals surface area (Å²) in [6, 6.07) is 11.2. The van der Waals surface area contributed by atoms with Crippen molar-refractivity contribution in [1.82, 2.24) is 4.72 Å². The van der Waals surface area contributed by atoms with Crippen LogP contribution in [-0.4, -0.2) is 27.3 Å². The Morgan fingerprint density at radius 2 is 1.77 bits per heavy atom. The van der Waals surface area contributed by atoms with Crippen LogP contribution in [0.3, 0.4) is 0 Å². The zero-order valence-electron chi connectivity index (χ0n) is 13.9. The summed E-state index contributed by atoms with van der Waals surface area (Å²) in [5, 5.41) is 5.07. The predicted molar refractivity (Wildman–Crippen MR) is 95.3 cm³/mol. The van der Waals surface area contributed by atoms with E-state index in [0.717, 1.165) is 5.56 Å². The standard InChI is InChI=1S/C17H17N3O5S/c1-25-12-4-2-3-11(7-12)10-18-26(23,24)13-5-6-14-15(8-13)20-17(22)9-16(21)19-14/h2-8,18H,9-10H2,1H3,(H,19,21)(H,20,22). The minimum Gasteiger partial charge on any atom is -0.497 e. The molecule has 3 N–H and O–H groups in total. The van der Waals surface area contributed by atoms with Gasteiger partial charge < -0.3 is 15.4 Å². The van der Waals surface area contributed by atoms with E-state index in [1.165, 1.54) is 25.3 Å². The molecule has 2 aromatic rings. The fraction of sp³-hybridized carbons (Fsp3) is 0.176. The third kappa shape index (κ3) is 4.01. The van der Waals surface area contributed by atoms with Gasteiger partial charge in [0.15, 0.2) is 0 Å². The van der Waals surface area contributed by atoms with Gasteiger partial charge in [0.25, 0.3) is 0 Å². The highest BCUT2D eigenvalue weighted by molar-refractivity contribution is 7.89. The topological polar surface area (TPSA) is 114 Å². The monoisotopic (exact) mass is 375 g/mol. The number of hydrogen-bond donors (Lipinski definition) is 3. The maximum atomic E-state index is 12.5. The van der Waals surface area contributed by atoms with Gasteiger partial charge in [-0.15, -0.1) is 0 Å². The van der Waals surface area contributed by atoms with Crippen LogP contribution in [0.15, 0.2) is 47.4 Å². The first-order valence-corrected chi connectivity index (χ1v) is 9.22. The van der Waals surface area contributed by atoms with E-state index in [0.29, 0.717) is 11.4 Å². The summed E-state index contributed by atoms with van der Waals surface area (Å²) in [6.45, 7) is 0.0830. The maximum Gasteiger partial charge on any atom is 0.240 e. The van der Waals surface area contributed by atoms with Gasteiger partial charge in [0.1, 0.15) is 12.2 Å². The zero-order valence-corrected chi connectivity index (χ0v) is 14.7. The molecule has 3 rings (SSSR count). The number of amides is 2. The third-order valence-electron chi connectivity index (χ3n) is 3.77. The summed E-state index contributed by atoms with van der Waals surface area (Å²) < 4.78 is 32.7. The first-order valence-electron chi connectivity index (χ1n) is 7.74. The molecule has 136 valence electrons. The highest BCUT2D eigenvalue weighted by Crippen LogP contribution is 2.27. The number of rotatable bonds is 5.